The predicted octanol–water partition coefficient (Wildman–Crippen LogP) is 1.42. The van der Waals surface area contributed by atoms with Crippen molar-refractivity contribution < 1.29 is 19.4 Å². The van der Waals surface area contributed by atoms with E-state index in [1.165, 1.54) is 0 Å². The van der Waals surface area contributed by atoms with Gasteiger partial charge in [-0.05, 0) is 25.7 Å². The van der Waals surface area contributed by atoms with Crippen LogP contribution in [0.2, 0.25) is 0 Å². The molecule has 5 heteroatoms. The molecule has 1 saturated heterocycles. The maximum absolute atomic E-state index is 11.9. The van der Waals surface area contributed by atoms with Gasteiger partial charge >= 0.3 is 5.97 Å². The first-order valence-electron chi connectivity index (χ1n) is 6.46. The quantitative estimate of drug-likeness (QED) is 0.781. The maximum atomic E-state index is 11.9. The van der Waals surface area contributed by atoms with Gasteiger partial charge in [0.25, 0.3) is 0 Å². The second-order valence-corrected chi connectivity index (χ2v) is 5.54. The molecule has 0 saturated carbocycles. The van der Waals surface area contributed by atoms with E-state index < -0.39 is 11.4 Å². The number of aliphatic carboxylic acids is 1. The summed E-state index contributed by atoms with van der Waals surface area (Å²) < 4.78 is 5.28. The van der Waals surface area contributed by atoms with E-state index in [2.05, 4.69) is 5.32 Å². The molecule has 0 aliphatic carbocycles. The second kappa shape index (κ2) is 6.18. The molecule has 0 aromatic rings. The zero-order chi connectivity index (χ0) is 13.8. The van der Waals surface area contributed by atoms with Gasteiger partial charge in [-0.25, -0.2) is 0 Å². The van der Waals surface area contributed by atoms with Crippen LogP contribution in [0.15, 0.2) is 0 Å². The molecule has 1 amide bonds. The second-order valence-electron chi connectivity index (χ2n) is 5.54. The van der Waals surface area contributed by atoms with Crippen molar-refractivity contribution in [1.29, 1.82) is 0 Å². The highest BCUT2D eigenvalue weighted by Crippen LogP contribution is 2.31. The number of carbonyl (C=O) groups is 2. The Morgan fingerprint density at radius 2 is 2.17 bits per heavy atom. The van der Waals surface area contributed by atoms with E-state index in [1.54, 1.807) is 6.92 Å². The number of amides is 1. The Balaban J connectivity index is 2.53. The molecule has 1 heterocycles. The van der Waals surface area contributed by atoms with Crippen LogP contribution < -0.4 is 5.32 Å². The highest BCUT2D eigenvalue weighted by Gasteiger charge is 2.39. The summed E-state index contributed by atoms with van der Waals surface area (Å²) >= 11 is 0. The fourth-order valence-corrected chi connectivity index (χ4v) is 1.99. The topological polar surface area (TPSA) is 75.6 Å². The van der Waals surface area contributed by atoms with Gasteiger partial charge in [-0.3, -0.25) is 9.59 Å². The molecule has 0 aromatic carbocycles. The van der Waals surface area contributed by atoms with Crippen LogP contribution in [0.1, 0.15) is 40.0 Å². The van der Waals surface area contributed by atoms with Crippen molar-refractivity contribution in [2.24, 2.45) is 11.3 Å². The summed E-state index contributed by atoms with van der Waals surface area (Å²) in [4.78, 5) is 23.2. The highest BCUT2D eigenvalue weighted by atomic mass is 16.5. The lowest BCUT2D eigenvalue weighted by Crippen LogP contribution is -2.45. The fraction of sp³-hybridized carbons (Fsp3) is 0.846. The smallest absolute Gasteiger partial charge is 0.310 e. The van der Waals surface area contributed by atoms with E-state index in [-0.39, 0.29) is 24.3 Å². The first-order chi connectivity index (χ1) is 8.36. The van der Waals surface area contributed by atoms with E-state index >= 15 is 0 Å². The summed E-state index contributed by atoms with van der Waals surface area (Å²) in [5.74, 6) is -1.22. The van der Waals surface area contributed by atoms with Crippen molar-refractivity contribution in [3.8, 4) is 0 Å². The SMILES string of the molecule is CC(C)C(C)(CC(=O)NC1CCCOC1)C(=O)O. The third kappa shape index (κ3) is 3.70. The molecule has 2 atom stereocenters. The van der Waals surface area contributed by atoms with Crippen LogP contribution >= 0.6 is 0 Å². The molecule has 18 heavy (non-hydrogen) atoms. The molecule has 2 N–H and O–H groups in total. The number of hydrogen-bond donors (Lipinski definition) is 2. The van der Waals surface area contributed by atoms with E-state index in [4.69, 9.17) is 4.74 Å². The number of ether oxygens (including phenoxy) is 1. The summed E-state index contributed by atoms with van der Waals surface area (Å²) in [6, 6.07) is 0.0245. The number of carbonyl (C=O) groups excluding carboxylic acids is 1. The first kappa shape index (κ1) is 15.0. The number of carboxylic acid groups (broad SMARTS) is 1. The number of nitrogens with one attached hydrogen (secondary N) is 1. The standard InChI is InChI=1S/C13H23NO4/c1-9(2)13(3,12(16)17)7-11(15)14-10-5-4-6-18-8-10/h9-10H,4-8H2,1-3H3,(H,14,15)(H,16,17). The Morgan fingerprint density at radius 3 is 2.61 bits per heavy atom. The summed E-state index contributed by atoms with van der Waals surface area (Å²) in [6.45, 7) is 6.54. The third-order valence-corrected chi connectivity index (χ3v) is 3.82. The number of carboxylic acids is 1. The minimum Gasteiger partial charge on any atom is -0.481 e. The van der Waals surface area contributed by atoms with E-state index in [1.807, 2.05) is 13.8 Å². The molecule has 0 spiro atoms. The summed E-state index contributed by atoms with van der Waals surface area (Å²) in [6.07, 6.45) is 1.85. The van der Waals surface area contributed by atoms with E-state index in [0.29, 0.717) is 6.61 Å². The minimum atomic E-state index is -1.01. The van der Waals surface area contributed by atoms with Gasteiger partial charge in [-0.15, -0.1) is 0 Å². The molecule has 0 aromatic heterocycles. The molecule has 1 aliphatic heterocycles. The van der Waals surface area contributed by atoms with Crippen LogP contribution in [0.25, 0.3) is 0 Å². The van der Waals surface area contributed by atoms with Gasteiger partial charge in [0.05, 0.1) is 18.1 Å². The molecule has 104 valence electrons. The zero-order valence-electron chi connectivity index (χ0n) is 11.4. The average Bonchev–Trinajstić information content (AvgIpc) is 2.29. The first-order valence-corrected chi connectivity index (χ1v) is 6.46. The van der Waals surface area contributed by atoms with Crippen molar-refractivity contribution in [3.63, 3.8) is 0 Å². The van der Waals surface area contributed by atoms with Gasteiger partial charge in [-0.1, -0.05) is 13.8 Å². The Labute approximate surface area is 108 Å². The lowest BCUT2D eigenvalue weighted by atomic mass is 9.76. The molecule has 1 aliphatic rings. The Bertz CT molecular complexity index is 310. The van der Waals surface area contributed by atoms with Crippen LogP contribution in [0.3, 0.4) is 0 Å². The predicted molar refractivity (Wildman–Crippen MR) is 67.2 cm³/mol. The lowest BCUT2D eigenvalue weighted by molar-refractivity contribution is -0.153. The van der Waals surface area contributed by atoms with Crippen LogP contribution in [-0.2, 0) is 14.3 Å². The summed E-state index contributed by atoms with van der Waals surface area (Å²) in [5, 5.41) is 12.1. The molecule has 1 fully saturated rings. The highest BCUT2D eigenvalue weighted by molar-refractivity contribution is 5.85. The average molecular weight is 257 g/mol. The molecule has 1 rings (SSSR count). The van der Waals surface area contributed by atoms with Crippen LogP contribution in [-0.4, -0.2) is 36.2 Å². The van der Waals surface area contributed by atoms with Crippen molar-refractivity contribution >= 4 is 11.9 Å². The molecular weight excluding hydrogens is 234 g/mol. The maximum Gasteiger partial charge on any atom is 0.310 e. The van der Waals surface area contributed by atoms with Crippen LogP contribution in [0, 0.1) is 11.3 Å². The van der Waals surface area contributed by atoms with Gasteiger partial charge in [0, 0.05) is 13.0 Å². The molecule has 0 bridgehead atoms. The van der Waals surface area contributed by atoms with Crippen LogP contribution in [0.4, 0.5) is 0 Å². The van der Waals surface area contributed by atoms with Gasteiger partial charge in [0.15, 0.2) is 0 Å². The number of hydrogen-bond acceptors (Lipinski definition) is 3. The van der Waals surface area contributed by atoms with Gasteiger partial charge in [0.2, 0.25) is 5.91 Å². The van der Waals surface area contributed by atoms with E-state index in [0.717, 1.165) is 19.4 Å². The third-order valence-electron chi connectivity index (χ3n) is 3.82. The Kier molecular flexibility index (Phi) is 5.14. The van der Waals surface area contributed by atoms with Crippen LogP contribution in [0.5, 0.6) is 0 Å². The van der Waals surface area contributed by atoms with Crippen molar-refractivity contribution in [2.45, 2.75) is 46.1 Å². The van der Waals surface area contributed by atoms with E-state index in [9.17, 15) is 14.7 Å². The molecule has 2 unspecified atom stereocenters. The van der Waals surface area contributed by atoms with Crippen molar-refractivity contribution in [1.82, 2.24) is 5.32 Å². The molecular formula is C13H23NO4. The van der Waals surface area contributed by atoms with Gasteiger partial charge < -0.3 is 15.2 Å². The molecule has 5 nitrogen and oxygen atoms in total. The summed E-state index contributed by atoms with van der Waals surface area (Å²) in [5.41, 5.74) is -1.01. The largest absolute Gasteiger partial charge is 0.481 e. The Hall–Kier alpha value is -1.10. The monoisotopic (exact) mass is 257 g/mol. The van der Waals surface area contributed by atoms with Crippen molar-refractivity contribution in [2.75, 3.05) is 13.2 Å². The number of rotatable bonds is 5. The summed E-state index contributed by atoms with van der Waals surface area (Å²) in [7, 11) is 0. The zero-order valence-corrected chi connectivity index (χ0v) is 11.4. The minimum absolute atomic E-state index is 0.0104. The van der Waals surface area contributed by atoms with Gasteiger partial charge in [-0.2, -0.15) is 0 Å². The lowest BCUT2D eigenvalue weighted by Gasteiger charge is -2.30. The fourth-order valence-electron chi connectivity index (χ4n) is 1.99. The Morgan fingerprint density at radius 1 is 1.50 bits per heavy atom. The van der Waals surface area contributed by atoms with Crippen molar-refractivity contribution in [3.05, 3.63) is 0 Å². The normalized spacial score (nSPS) is 23.4. The van der Waals surface area contributed by atoms with Gasteiger partial charge in [0.1, 0.15) is 0 Å². The molecule has 0 radical (unpaired) electrons.